The normalized spacial score (nSPS) is 25.0. The molecule has 4 fully saturated rings. The molecular formula is C27H29F3N4O4S2. The Bertz CT molecular complexity index is 1440. The first kappa shape index (κ1) is 28.7. The van der Waals surface area contributed by atoms with Crippen LogP contribution in [0.2, 0.25) is 0 Å². The first-order valence-electron chi connectivity index (χ1n) is 12.9. The standard InChI is InChI=1S/C27H29F3N4O4S2/c1-26-14-27(15-26,38-16-26)25(35)33-40(36,37)22-8-17(10-31)24(23(30)9-22)32-20(6-7-34-11-19(29)12-34)13-39-21-4-2-18(28)3-5-21/h2-5,8-9,19-20,32H,6-7,11-16H2,1H3,(H,33,35)/t20-,26?,27?/m1/s1. The van der Waals surface area contributed by atoms with Gasteiger partial charge in [0, 0.05) is 36.3 Å². The minimum Gasteiger partial charge on any atom is -0.378 e. The number of likely N-dealkylation sites (tertiary alicyclic amines) is 1. The number of alkyl halides is 1. The monoisotopic (exact) mass is 594 g/mol. The van der Waals surface area contributed by atoms with Crippen LogP contribution in [-0.2, 0) is 19.6 Å². The van der Waals surface area contributed by atoms with E-state index < -0.39 is 38.4 Å². The van der Waals surface area contributed by atoms with Gasteiger partial charge in [-0.15, -0.1) is 11.8 Å². The van der Waals surface area contributed by atoms with Crippen molar-refractivity contribution in [3.8, 4) is 6.07 Å². The molecule has 1 aliphatic carbocycles. The number of hydrogen-bond acceptors (Lipinski definition) is 8. The van der Waals surface area contributed by atoms with E-state index >= 15 is 4.39 Å². The smallest absolute Gasteiger partial charge is 0.265 e. The second-order valence-corrected chi connectivity index (χ2v) is 13.8. The summed E-state index contributed by atoms with van der Waals surface area (Å²) in [7, 11) is -4.48. The summed E-state index contributed by atoms with van der Waals surface area (Å²) in [5.74, 6) is -1.73. The Labute approximate surface area is 235 Å². The van der Waals surface area contributed by atoms with Crippen molar-refractivity contribution in [2.45, 2.75) is 53.8 Å². The number of nitriles is 1. The molecule has 1 atom stereocenters. The van der Waals surface area contributed by atoms with E-state index in [2.05, 4.69) is 5.32 Å². The average Bonchev–Trinajstić information content (AvgIpc) is 3.40. The van der Waals surface area contributed by atoms with Crippen molar-refractivity contribution < 1.29 is 31.1 Å². The first-order chi connectivity index (χ1) is 18.9. The number of anilines is 1. The van der Waals surface area contributed by atoms with Crippen LogP contribution in [0.15, 0.2) is 46.2 Å². The maximum Gasteiger partial charge on any atom is 0.265 e. The fourth-order valence-corrected chi connectivity index (χ4v) is 7.52. The zero-order chi connectivity index (χ0) is 28.7. The molecule has 8 nitrogen and oxygen atoms in total. The van der Waals surface area contributed by atoms with Gasteiger partial charge in [0.15, 0.2) is 0 Å². The van der Waals surface area contributed by atoms with Crippen LogP contribution in [0.25, 0.3) is 0 Å². The lowest BCUT2D eigenvalue weighted by molar-refractivity contribution is -0.143. The average molecular weight is 595 g/mol. The lowest BCUT2D eigenvalue weighted by Crippen LogP contribution is -2.55. The number of halogens is 3. The van der Waals surface area contributed by atoms with Crippen molar-refractivity contribution in [3.05, 3.63) is 53.6 Å². The van der Waals surface area contributed by atoms with Crippen LogP contribution in [0, 0.1) is 28.4 Å². The van der Waals surface area contributed by atoms with Gasteiger partial charge in [0.1, 0.15) is 29.5 Å². The highest BCUT2D eigenvalue weighted by Crippen LogP contribution is 2.57. The van der Waals surface area contributed by atoms with Crippen LogP contribution in [0.4, 0.5) is 18.9 Å². The zero-order valence-electron chi connectivity index (χ0n) is 21.8. The number of amides is 1. The summed E-state index contributed by atoms with van der Waals surface area (Å²) < 4.78 is 75.4. The fourth-order valence-electron chi connectivity index (χ4n) is 5.47. The Morgan fingerprint density at radius 2 is 1.95 bits per heavy atom. The molecule has 1 amide bonds. The fraction of sp³-hybridized carbons (Fsp3) is 0.481. The van der Waals surface area contributed by atoms with E-state index in [4.69, 9.17) is 4.74 Å². The molecule has 0 aromatic heterocycles. The van der Waals surface area contributed by atoms with Gasteiger partial charge in [0.05, 0.1) is 22.8 Å². The Kier molecular flexibility index (Phi) is 7.82. The summed E-state index contributed by atoms with van der Waals surface area (Å²) in [6.45, 7) is 3.49. The molecule has 214 valence electrons. The Morgan fingerprint density at radius 1 is 1.25 bits per heavy atom. The van der Waals surface area contributed by atoms with Gasteiger partial charge in [0.25, 0.3) is 15.9 Å². The number of ether oxygens (including phenoxy) is 1. The minimum absolute atomic E-state index is 0.150. The molecule has 2 bridgehead atoms. The Balaban J connectivity index is 1.31. The molecule has 2 aromatic carbocycles. The van der Waals surface area contributed by atoms with E-state index in [1.54, 1.807) is 12.1 Å². The predicted molar refractivity (Wildman–Crippen MR) is 143 cm³/mol. The molecular weight excluding hydrogens is 565 g/mol. The molecule has 13 heteroatoms. The zero-order valence-corrected chi connectivity index (χ0v) is 23.4. The molecule has 0 radical (unpaired) electrons. The SMILES string of the molecule is CC12COC(C(=O)NS(=O)(=O)c3cc(F)c(N[C@H](CCN4CC(F)C4)CSc4ccc(F)cc4)c(C#N)c3)(C1)C2. The molecule has 3 saturated heterocycles. The third-order valence-electron chi connectivity index (χ3n) is 7.58. The maximum absolute atomic E-state index is 15.4. The molecule has 40 heavy (non-hydrogen) atoms. The van der Waals surface area contributed by atoms with Crippen molar-refractivity contribution in [2.24, 2.45) is 5.41 Å². The van der Waals surface area contributed by atoms with Crippen molar-refractivity contribution in [3.63, 3.8) is 0 Å². The molecule has 0 unspecified atom stereocenters. The number of sulfonamides is 1. The van der Waals surface area contributed by atoms with Crippen molar-refractivity contribution in [1.29, 1.82) is 5.26 Å². The van der Waals surface area contributed by atoms with Gasteiger partial charge in [-0.25, -0.2) is 26.3 Å². The van der Waals surface area contributed by atoms with Crippen LogP contribution >= 0.6 is 11.8 Å². The predicted octanol–water partition coefficient (Wildman–Crippen LogP) is 3.83. The number of thioether (sulfide) groups is 1. The van der Waals surface area contributed by atoms with Gasteiger partial charge in [0.2, 0.25) is 0 Å². The number of carbonyl (C=O) groups excluding carboxylic acids is 1. The quantitative estimate of drug-likeness (QED) is 0.378. The van der Waals surface area contributed by atoms with Gasteiger partial charge in [-0.05, 0) is 61.1 Å². The molecule has 4 aliphatic rings. The lowest BCUT2D eigenvalue weighted by atomic mass is 9.63. The minimum atomic E-state index is -4.48. The summed E-state index contributed by atoms with van der Waals surface area (Å²) in [6, 6.07) is 9.15. The molecule has 3 aliphatic heterocycles. The third-order valence-corrected chi connectivity index (χ3v) is 10.1. The molecule has 3 heterocycles. The highest BCUT2D eigenvalue weighted by Gasteiger charge is 2.64. The number of hydrogen-bond donors (Lipinski definition) is 2. The number of rotatable bonds is 11. The van der Waals surface area contributed by atoms with Gasteiger partial charge >= 0.3 is 0 Å². The molecule has 2 N–H and O–H groups in total. The van der Waals surface area contributed by atoms with Gasteiger partial charge < -0.3 is 10.1 Å². The molecule has 6 rings (SSSR count). The summed E-state index contributed by atoms with van der Waals surface area (Å²) in [6.07, 6.45) is 0.430. The van der Waals surface area contributed by atoms with E-state index in [0.717, 1.165) is 17.0 Å². The Hall–Kier alpha value is -2.79. The lowest BCUT2D eigenvalue weighted by Gasteiger charge is -2.40. The first-order valence-corrected chi connectivity index (χ1v) is 15.3. The number of fused-ring (bicyclic) bond motifs is 1. The van der Waals surface area contributed by atoms with E-state index in [0.29, 0.717) is 51.3 Å². The molecule has 0 spiro atoms. The second-order valence-electron chi connectivity index (χ2n) is 11.1. The van der Waals surface area contributed by atoms with Gasteiger partial charge in [-0.3, -0.25) is 9.69 Å². The van der Waals surface area contributed by atoms with E-state index in [1.807, 2.05) is 22.6 Å². The van der Waals surface area contributed by atoms with E-state index in [9.17, 15) is 27.3 Å². The Morgan fingerprint density at radius 3 is 2.55 bits per heavy atom. The van der Waals surface area contributed by atoms with Crippen LogP contribution in [-0.4, -0.2) is 69.0 Å². The van der Waals surface area contributed by atoms with Gasteiger partial charge in [-0.1, -0.05) is 6.92 Å². The second kappa shape index (κ2) is 10.9. The van der Waals surface area contributed by atoms with Crippen molar-refractivity contribution in [2.75, 3.05) is 37.3 Å². The summed E-state index contributed by atoms with van der Waals surface area (Å²) >= 11 is 1.40. The van der Waals surface area contributed by atoms with Crippen molar-refractivity contribution in [1.82, 2.24) is 9.62 Å². The largest absolute Gasteiger partial charge is 0.378 e. The van der Waals surface area contributed by atoms with E-state index in [-0.39, 0.29) is 28.5 Å². The van der Waals surface area contributed by atoms with Crippen LogP contribution < -0.4 is 10.0 Å². The van der Waals surface area contributed by atoms with Gasteiger partial charge in [-0.2, -0.15) is 5.26 Å². The topological polar surface area (TPSA) is 112 Å². The summed E-state index contributed by atoms with van der Waals surface area (Å²) in [5, 5.41) is 12.8. The maximum atomic E-state index is 15.4. The molecule has 1 saturated carbocycles. The molecule has 2 aromatic rings. The van der Waals surface area contributed by atoms with E-state index in [1.165, 1.54) is 23.9 Å². The van der Waals surface area contributed by atoms with Crippen molar-refractivity contribution >= 4 is 33.4 Å². The van der Waals surface area contributed by atoms with Crippen LogP contribution in [0.3, 0.4) is 0 Å². The summed E-state index contributed by atoms with van der Waals surface area (Å²) in [5.41, 5.74) is -1.77. The van der Waals surface area contributed by atoms with Crippen LogP contribution in [0.5, 0.6) is 0 Å². The highest BCUT2D eigenvalue weighted by molar-refractivity contribution is 7.99. The number of benzene rings is 2. The number of carbonyl (C=O) groups is 1. The number of nitrogens with zero attached hydrogens (tertiary/aromatic N) is 2. The third kappa shape index (κ3) is 5.95. The number of nitrogens with one attached hydrogen (secondary N) is 2. The summed E-state index contributed by atoms with van der Waals surface area (Å²) in [4.78, 5) is 14.9. The van der Waals surface area contributed by atoms with Crippen LogP contribution in [0.1, 0.15) is 31.7 Å². The highest BCUT2D eigenvalue weighted by atomic mass is 32.2.